The quantitative estimate of drug-likeness (QED) is 0.437. The van der Waals surface area contributed by atoms with Crippen molar-refractivity contribution < 1.29 is 27.9 Å². The molecule has 1 aliphatic rings. The van der Waals surface area contributed by atoms with E-state index in [2.05, 4.69) is 10.6 Å². The number of amides is 3. The van der Waals surface area contributed by atoms with E-state index in [0.29, 0.717) is 34.0 Å². The van der Waals surface area contributed by atoms with Crippen LogP contribution in [0.15, 0.2) is 18.2 Å². The molecule has 0 aliphatic carbocycles. The van der Waals surface area contributed by atoms with Crippen LogP contribution < -0.4 is 15.4 Å². The van der Waals surface area contributed by atoms with Crippen LogP contribution in [0.5, 0.6) is 0 Å². The Balaban J connectivity index is 1.56. The van der Waals surface area contributed by atoms with Gasteiger partial charge in [0, 0.05) is 43.6 Å². The minimum absolute atomic E-state index is 0.0965. The number of aromatic nitrogens is 1. The third-order valence-electron chi connectivity index (χ3n) is 5.32. The molecule has 0 spiro atoms. The average molecular weight is 520 g/mol. The van der Waals surface area contributed by atoms with Crippen LogP contribution in [0.2, 0.25) is 10.0 Å². The van der Waals surface area contributed by atoms with Gasteiger partial charge in [-0.15, -0.1) is 0 Å². The number of carboxylic acids is 1. The van der Waals surface area contributed by atoms with Gasteiger partial charge < -0.3 is 20.3 Å². The number of nitrogens with zero attached hydrogens (tertiary/aromatic N) is 2. The summed E-state index contributed by atoms with van der Waals surface area (Å²) in [4.78, 5) is 35.0. The first kappa shape index (κ1) is 25.1. The number of carbonyl (C=O) groups excluding carboxylic acids is 2. The van der Waals surface area contributed by atoms with Crippen LogP contribution in [-0.4, -0.2) is 66.0 Å². The van der Waals surface area contributed by atoms with Crippen molar-refractivity contribution in [2.75, 3.05) is 19.6 Å². The summed E-state index contributed by atoms with van der Waals surface area (Å²) in [5.41, 5.74) is 1.15. The molecule has 0 radical (unpaired) electrons. The van der Waals surface area contributed by atoms with Crippen molar-refractivity contribution in [3.63, 3.8) is 0 Å². The minimum Gasteiger partial charge on any atom is -0.481 e. The minimum atomic E-state index is -4.09. The van der Waals surface area contributed by atoms with Gasteiger partial charge in [-0.3, -0.25) is 9.59 Å². The van der Waals surface area contributed by atoms with Crippen molar-refractivity contribution in [2.45, 2.75) is 25.3 Å². The average Bonchev–Trinajstić information content (AvgIpc) is 3.08. The Bertz CT molecular complexity index is 1190. The van der Waals surface area contributed by atoms with E-state index < -0.39 is 22.2 Å². The molecule has 11 nitrogen and oxygen atoms in total. The van der Waals surface area contributed by atoms with E-state index in [4.69, 9.17) is 28.3 Å². The molecule has 3 rings (SSSR count). The summed E-state index contributed by atoms with van der Waals surface area (Å²) in [7, 11) is -2.35. The maximum absolute atomic E-state index is 12.8. The van der Waals surface area contributed by atoms with Crippen LogP contribution in [0, 0.1) is 0 Å². The van der Waals surface area contributed by atoms with Crippen molar-refractivity contribution in [3.8, 4) is 0 Å². The van der Waals surface area contributed by atoms with Crippen molar-refractivity contribution in [1.29, 1.82) is 0 Å². The molecule has 14 heteroatoms. The van der Waals surface area contributed by atoms with Gasteiger partial charge in [-0.05, 0) is 31.0 Å². The number of hydrogen-bond acceptors (Lipinski definition) is 5. The van der Waals surface area contributed by atoms with E-state index in [1.54, 1.807) is 29.8 Å². The summed E-state index contributed by atoms with van der Waals surface area (Å²) in [6.07, 6.45) is 0.377. The van der Waals surface area contributed by atoms with E-state index in [0.717, 1.165) is 9.82 Å². The van der Waals surface area contributed by atoms with Gasteiger partial charge in [0.2, 0.25) is 0 Å². The van der Waals surface area contributed by atoms with Crippen LogP contribution in [0.25, 0.3) is 10.9 Å². The predicted molar refractivity (Wildman–Crippen MR) is 123 cm³/mol. The number of carboxylic acid groups (broad SMARTS) is 1. The molecule has 0 saturated carbocycles. The zero-order valence-corrected chi connectivity index (χ0v) is 19.9. The van der Waals surface area contributed by atoms with E-state index in [1.807, 2.05) is 4.72 Å². The Kier molecular flexibility index (Phi) is 7.73. The number of benzene rings is 1. The normalized spacial score (nSPS) is 15.4. The van der Waals surface area contributed by atoms with Gasteiger partial charge in [0.25, 0.3) is 5.91 Å². The molecule has 3 amide bonds. The molecule has 33 heavy (non-hydrogen) atoms. The number of urea groups is 1. The number of piperidine rings is 1. The van der Waals surface area contributed by atoms with Crippen LogP contribution in [-0.2, 0) is 22.1 Å². The lowest BCUT2D eigenvalue weighted by molar-refractivity contribution is -0.136. The third-order valence-corrected chi connectivity index (χ3v) is 7.63. The Morgan fingerprint density at radius 3 is 2.48 bits per heavy atom. The first-order chi connectivity index (χ1) is 15.5. The van der Waals surface area contributed by atoms with Gasteiger partial charge in [0.15, 0.2) is 0 Å². The van der Waals surface area contributed by atoms with Crippen molar-refractivity contribution in [3.05, 3.63) is 33.9 Å². The summed E-state index contributed by atoms with van der Waals surface area (Å²) in [5.74, 6) is -1.43. The summed E-state index contributed by atoms with van der Waals surface area (Å²) in [6.45, 7) is -0.00511. The Morgan fingerprint density at radius 2 is 1.85 bits per heavy atom. The van der Waals surface area contributed by atoms with Gasteiger partial charge in [-0.2, -0.15) is 12.7 Å². The number of nitrogens with one attached hydrogen (secondary N) is 3. The zero-order valence-electron chi connectivity index (χ0n) is 17.6. The molecule has 2 heterocycles. The summed E-state index contributed by atoms with van der Waals surface area (Å²) < 4.78 is 29.4. The molecule has 1 aromatic carbocycles. The van der Waals surface area contributed by atoms with Crippen LogP contribution in [0.3, 0.4) is 0 Å². The number of aryl methyl sites for hydroxylation is 1. The maximum atomic E-state index is 12.8. The lowest BCUT2D eigenvalue weighted by Crippen LogP contribution is -2.52. The molecule has 2 aromatic rings. The lowest BCUT2D eigenvalue weighted by Gasteiger charge is -2.31. The number of fused-ring (bicyclic) bond motifs is 1. The van der Waals surface area contributed by atoms with E-state index in [9.17, 15) is 22.8 Å². The van der Waals surface area contributed by atoms with Gasteiger partial charge in [0.05, 0.1) is 16.5 Å². The molecule has 1 aromatic heterocycles. The Hall–Kier alpha value is -2.54. The monoisotopic (exact) mass is 519 g/mol. The van der Waals surface area contributed by atoms with E-state index >= 15 is 0 Å². The zero-order chi connectivity index (χ0) is 24.3. The highest BCUT2D eigenvalue weighted by atomic mass is 35.5. The second-order valence-corrected chi connectivity index (χ2v) is 9.99. The SMILES string of the molecule is Cn1c(C(=O)NC2CCN(S(=O)(=O)NC(=O)NCCC(=O)O)CC2)cc2c(Cl)c(Cl)ccc21. The highest BCUT2D eigenvalue weighted by molar-refractivity contribution is 7.87. The number of carbonyl (C=O) groups is 3. The van der Waals surface area contributed by atoms with Crippen molar-refractivity contribution in [2.24, 2.45) is 7.05 Å². The highest BCUT2D eigenvalue weighted by Crippen LogP contribution is 2.32. The van der Waals surface area contributed by atoms with Crippen molar-refractivity contribution in [1.82, 2.24) is 24.2 Å². The fourth-order valence-corrected chi connectivity index (χ4v) is 5.07. The smallest absolute Gasteiger partial charge is 0.329 e. The first-order valence-corrected chi connectivity index (χ1v) is 12.2. The molecule has 1 fully saturated rings. The highest BCUT2D eigenvalue weighted by Gasteiger charge is 2.30. The first-order valence-electron chi connectivity index (χ1n) is 10.0. The predicted octanol–water partition coefficient (Wildman–Crippen LogP) is 1.70. The largest absolute Gasteiger partial charge is 0.481 e. The topological polar surface area (TPSA) is 150 Å². The fourth-order valence-electron chi connectivity index (χ4n) is 3.57. The third kappa shape index (κ3) is 5.88. The van der Waals surface area contributed by atoms with Gasteiger partial charge >= 0.3 is 22.2 Å². The van der Waals surface area contributed by atoms with Crippen molar-refractivity contribution >= 4 is 62.2 Å². The summed E-state index contributed by atoms with van der Waals surface area (Å²) in [6, 6.07) is 3.83. The van der Waals surface area contributed by atoms with Gasteiger partial charge in [-0.1, -0.05) is 23.2 Å². The van der Waals surface area contributed by atoms with E-state index in [-0.39, 0.29) is 38.0 Å². The molecule has 0 atom stereocenters. The Morgan fingerprint density at radius 1 is 1.18 bits per heavy atom. The number of rotatable bonds is 7. The fraction of sp³-hybridized carbons (Fsp3) is 0.421. The van der Waals surface area contributed by atoms with Gasteiger partial charge in [-0.25, -0.2) is 9.52 Å². The molecular formula is C19H23Cl2N5O6S. The molecule has 0 bridgehead atoms. The molecule has 1 aliphatic heterocycles. The van der Waals surface area contributed by atoms with Gasteiger partial charge in [0.1, 0.15) is 5.69 Å². The summed E-state index contributed by atoms with van der Waals surface area (Å²) in [5, 5.41) is 15.0. The number of halogens is 2. The Labute approximate surface area is 200 Å². The maximum Gasteiger partial charge on any atom is 0.329 e. The number of hydrogen-bond donors (Lipinski definition) is 4. The number of aliphatic carboxylic acids is 1. The van der Waals surface area contributed by atoms with Crippen LogP contribution >= 0.6 is 23.2 Å². The van der Waals surface area contributed by atoms with Crippen LogP contribution in [0.1, 0.15) is 29.8 Å². The molecule has 180 valence electrons. The second-order valence-electron chi connectivity index (χ2n) is 7.54. The standard InChI is InChI=1S/C19H23Cl2N5O6S/c1-25-14-3-2-13(20)17(21)12(14)10-15(25)18(29)23-11-5-8-26(9-6-11)33(31,32)24-19(30)22-7-4-16(27)28/h2-3,10-11H,4-9H2,1H3,(H,23,29)(H,27,28)(H2,22,24,30). The second kappa shape index (κ2) is 10.2. The molecular weight excluding hydrogens is 497 g/mol. The van der Waals surface area contributed by atoms with E-state index in [1.165, 1.54) is 0 Å². The van der Waals surface area contributed by atoms with Crippen LogP contribution in [0.4, 0.5) is 4.79 Å². The molecule has 0 unspecified atom stereocenters. The molecule has 4 N–H and O–H groups in total. The lowest BCUT2D eigenvalue weighted by atomic mass is 10.1. The molecule has 1 saturated heterocycles. The summed E-state index contributed by atoms with van der Waals surface area (Å²) >= 11 is 12.3.